The smallest absolute Gasteiger partial charge is 0.114 e. The molecule has 0 radical (unpaired) electrons. The zero-order valence-electron chi connectivity index (χ0n) is 21.4. The number of nitriles is 1. The van der Waals surface area contributed by atoms with E-state index in [1.165, 1.54) is 17.5 Å². The molecular weight excluding hydrogens is 420 g/mol. The average molecular weight is 465 g/mol. The van der Waals surface area contributed by atoms with Gasteiger partial charge in [0.25, 0.3) is 0 Å². The van der Waals surface area contributed by atoms with E-state index in [2.05, 4.69) is 73.5 Å². The molecular formula is C29H44N4O. The zero-order valence-corrected chi connectivity index (χ0v) is 21.4. The number of nitrogens with one attached hydrogen (secondary N) is 1. The third-order valence-corrected chi connectivity index (χ3v) is 7.13. The first-order valence-electron chi connectivity index (χ1n) is 12.7. The van der Waals surface area contributed by atoms with Crippen LogP contribution in [0.2, 0.25) is 0 Å². The fourth-order valence-electron chi connectivity index (χ4n) is 5.21. The van der Waals surface area contributed by atoms with E-state index >= 15 is 0 Å². The Morgan fingerprint density at radius 2 is 2.09 bits per heavy atom. The van der Waals surface area contributed by atoms with Crippen LogP contribution in [-0.4, -0.2) is 46.3 Å². The van der Waals surface area contributed by atoms with Crippen LogP contribution in [-0.2, 0) is 0 Å². The Labute approximate surface area is 207 Å². The lowest BCUT2D eigenvalue weighted by Crippen LogP contribution is -2.58. The molecule has 2 aliphatic rings. The Morgan fingerprint density at radius 3 is 2.68 bits per heavy atom. The van der Waals surface area contributed by atoms with Gasteiger partial charge < -0.3 is 15.3 Å². The Morgan fingerprint density at radius 1 is 1.35 bits per heavy atom. The molecule has 0 aromatic heterocycles. The quantitative estimate of drug-likeness (QED) is 0.342. The molecule has 0 aromatic rings. The molecule has 1 fully saturated rings. The van der Waals surface area contributed by atoms with E-state index in [0.29, 0.717) is 12.3 Å². The van der Waals surface area contributed by atoms with E-state index in [1.54, 1.807) is 6.08 Å². The van der Waals surface area contributed by atoms with Crippen molar-refractivity contribution in [2.75, 3.05) is 19.6 Å². The Balaban J connectivity index is 2.31. The van der Waals surface area contributed by atoms with Crippen LogP contribution in [0.15, 0.2) is 73.3 Å². The number of rotatable bonds is 9. The molecule has 0 bridgehead atoms. The lowest BCUT2D eigenvalue weighted by atomic mass is 9.81. The topological polar surface area (TPSA) is 62.5 Å². The van der Waals surface area contributed by atoms with Crippen molar-refractivity contribution in [1.29, 1.82) is 5.26 Å². The standard InChI is InChI=1S/C29H44N4O/c1-6-10-19-32-20-13-14-25(7-2)23-24(5)31-29(27(32)9-4)16-21-33(22-17-29)28(34)26(8-3)15-11-12-18-30/h6,8-9,11-13,20,23,25-26,28,31,34H,1,3,7,10,14-17,19,21-22H2,2,4-5H3/b12-11+,20-13+,24-23+,27-9-. The summed E-state index contributed by atoms with van der Waals surface area (Å²) >= 11 is 0. The maximum Gasteiger partial charge on any atom is 0.114 e. The number of hydrogen-bond acceptors (Lipinski definition) is 5. The van der Waals surface area contributed by atoms with Crippen molar-refractivity contribution in [2.24, 2.45) is 11.8 Å². The summed E-state index contributed by atoms with van der Waals surface area (Å²) in [4.78, 5) is 4.55. The van der Waals surface area contributed by atoms with Gasteiger partial charge in [-0.3, -0.25) is 4.90 Å². The Bertz CT molecular complexity index is 824. The summed E-state index contributed by atoms with van der Waals surface area (Å²) in [6.45, 7) is 16.9. The van der Waals surface area contributed by atoms with Crippen LogP contribution in [0.1, 0.15) is 59.3 Å². The maximum atomic E-state index is 11.1. The molecule has 2 N–H and O–H groups in total. The van der Waals surface area contributed by atoms with Gasteiger partial charge in [0, 0.05) is 43.0 Å². The van der Waals surface area contributed by atoms with E-state index in [1.807, 2.05) is 18.2 Å². The van der Waals surface area contributed by atoms with Gasteiger partial charge in [-0.2, -0.15) is 5.26 Å². The van der Waals surface area contributed by atoms with Crippen LogP contribution < -0.4 is 5.32 Å². The highest BCUT2D eigenvalue weighted by Gasteiger charge is 2.41. The monoisotopic (exact) mass is 464 g/mol. The van der Waals surface area contributed by atoms with Gasteiger partial charge in [0.15, 0.2) is 0 Å². The van der Waals surface area contributed by atoms with E-state index < -0.39 is 6.23 Å². The SMILES string of the molecule is C=CCCN1/C=C/CC(CC)/C=C(\C)NC2(CCN(C(O)C(C=C)C/C=C/C#N)CC2)/C1=C/C. The second-order valence-corrected chi connectivity index (χ2v) is 9.41. The van der Waals surface area contributed by atoms with Gasteiger partial charge in [-0.25, -0.2) is 0 Å². The molecule has 0 aliphatic carbocycles. The highest BCUT2D eigenvalue weighted by Crippen LogP contribution is 2.36. The van der Waals surface area contributed by atoms with E-state index in [0.717, 1.165) is 51.7 Å². The zero-order chi connectivity index (χ0) is 25.0. The van der Waals surface area contributed by atoms with Gasteiger partial charge in [0.2, 0.25) is 0 Å². The van der Waals surface area contributed by atoms with Crippen molar-refractivity contribution >= 4 is 0 Å². The first-order chi connectivity index (χ1) is 16.4. The maximum absolute atomic E-state index is 11.1. The van der Waals surface area contributed by atoms with Crippen LogP contribution in [0.5, 0.6) is 0 Å². The molecule has 5 heteroatoms. The number of aliphatic hydroxyl groups is 1. The number of likely N-dealkylation sites (tertiary alicyclic amines) is 1. The van der Waals surface area contributed by atoms with Gasteiger partial charge in [0.1, 0.15) is 6.23 Å². The summed E-state index contributed by atoms with van der Waals surface area (Å²) in [5.74, 6) is 0.418. The summed E-state index contributed by atoms with van der Waals surface area (Å²) in [5.41, 5.74) is 2.32. The molecule has 3 unspecified atom stereocenters. The van der Waals surface area contributed by atoms with Crippen molar-refractivity contribution in [1.82, 2.24) is 15.1 Å². The predicted molar refractivity (Wildman–Crippen MR) is 142 cm³/mol. The van der Waals surface area contributed by atoms with E-state index in [-0.39, 0.29) is 11.5 Å². The number of allylic oxidation sites excluding steroid dienone is 6. The number of piperidine rings is 1. The minimum absolute atomic E-state index is 0.101. The summed E-state index contributed by atoms with van der Waals surface area (Å²) in [6, 6.07) is 2.02. The van der Waals surface area contributed by atoms with E-state index in [4.69, 9.17) is 5.26 Å². The highest BCUT2D eigenvalue weighted by molar-refractivity contribution is 5.26. The van der Waals surface area contributed by atoms with Gasteiger partial charge in [-0.15, -0.1) is 13.2 Å². The van der Waals surface area contributed by atoms with E-state index in [9.17, 15) is 5.11 Å². The molecule has 2 aliphatic heterocycles. The number of aliphatic hydroxyl groups excluding tert-OH is 1. The van der Waals surface area contributed by atoms with Crippen molar-refractivity contribution in [3.05, 3.63) is 73.3 Å². The lowest BCUT2D eigenvalue weighted by Gasteiger charge is -2.49. The first kappa shape index (κ1) is 27.7. The molecule has 2 rings (SSSR count). The predicted octanol–water partition coefficient (Wildman–Crippen LogP) is 5.63. The lowest BCUT2D eigenvalue weighted by molar-refractivity contribution is -0.0467. The second-order valence-electron chi connectivity index (χ2n) is 9.41. The summed E-state index contributed by atoms with van der Waals surface area (Å²) in [7, 11) is 0. The molecule has 0 amide bonds. The fourth-order valence-corrected chi connectivity index (χ4v) is 5.21. The third kappa shape index (κ3) is 7.22. The van der Waals surface area contributed by atoms with Gasteiger partial charge in [0.05, 0.1) is 11.6 Å². The van der Waals surface area contributed by atoms with Gasteiger partial charge in [-0.05, 0) is 64.5 Å². The Hall–Kier alpha value is -2.55. The molecule has 0 aromatic carbocycles. The van der Waals surface area contributed by atoms with Crippen molar-refractivity contribution in [3.8, 4) is 6.07 Å². The van der Waals surface area contributed by atoms with Gasteiger partial charge in [-0.1, -0.05) is 43.4 Å². The molecule has 2 heterocycles. The average Bonchev–Trinajstić information content (AvgIpc) is 2.84. The highest BCUT2D eigenvalue weighted by atomic mass is 16.3. The molecule has 5 nitrogen and oxygen atoms in total. The van der Waals surface area contributed by atoms with Crippen molar-refractivity contribution in [2.45, 2.75) is 71.1 Å². The van der Waals surface area contributed by atoms with Gasteiger partial charge >= 0.3 is 0 Å². The molecule has 1 spiro atoms. The summed E-state index contributed by atoms with van der Waals surface area (Å²) in [6.07, 6.45) is 21.1. The number of nitrogens with zero attached hydrogens (tertiary/aromatic N) is 3. The van der Waals surface area contributed by atoms with Crippen molar-refractivity contribution in [3.63, 3.8) is 0 Å². The van der Waals surface area contributed by atoms with Crippen LogP contribution in [0.4, 0.5) is 0 Å². The molecule has 1 saturated heterocycles. The first-order valence-corrected chi connectivity index (χ1v) is 12.7. The van der Waals surface area contributed by atoms with Crippen LogP contribution in [0.3, 0.4) is 0 Å². The largest absolute Gasteiger partial charge is 0.378 e. The van der Waals surface area contributed by atoms with Crippen molar-refractivity contribution < 1.29 is 5.11 Å². The minimum Gasteiger partial charge on any atom is -0.378 e. The normalized spacial score (nSPS) is 26.8. The van der Waals surface area contributed by atoms with Crippen LogP contribution in [0.25, 0.3) is 0 Å². The second kappa shape index (κ2) is 14.0. The molecule has 0 saturated carbocycles. The third-order valence-electron chi connectivity index (χ3n) is 7.13. The molecule has 3 atom stereocenters. The molecule has 186 valence electrons. The van der Waals surface area contributed by atoms with Crippen LogP contribution >= 0.6 is 0 Å². The summed E-state index contributed by atoms with van der Waals surface area (Å²) in [5, 5.41) is 23.8. The number of hydrogen-bond donors (Lipinski definition) is 2. The minimum atomic E-state index is -0.607. The summed E-state index contributed by atoms with van der Waals surface area (Å²) < 4.78 is 0. The Kier molecular flexibility index (Phi) is 11.4. The fraction of sp³-hybridized carbons (Fsp3) is 0.552. The van der Waals surface area contributed by atoms with Crippen LogP contribution in [0, 0.1) is 23.2 Å². The molecule has 34 heavy (non-hydrogen) atoms.